The fourth-order valence-electron chi connectivity index (χ4n) is 4.20. The maximum Gasteiger partial charge on any atom is 0.471 e. The molecule has 42 heavy (non-hydrogen) atoms. The van der Waals surface area contributed by atoms with E-state index in [1.165, 1.54) is 30.5 Å². The molecule has 1 saturated heterocycles. The normalized spacial score (nSPS) is 15.6. The summed E-state index contributed by atoms with van der Waals surface area (Å²) in [5.41, 5.74) is -0.748. The summed E-state index contributed by atoms with van der Waals surface area (Å²) in [7, 11) is 0. The van der Waals surface area contributed by atoms with Crippen LogP contribution in [0.2, 0.25) is 0 Å². The van der Waals surface area contributed by atoms with Crippen LogP contribution >= 0.6 is 0 Å². The molecule has 2 N–H and O–H groups in total. The zero-order valence-electron chi connectivity index (χ0n) is 21.4. The first-order valence-electron chi connectivity index (χ1n) is 12.4. The minimum Gasteiger partial charge on any atom is -0.373 e. The molecule has 2 atom stereocenters. The first-order valence-corrected chi connectivity index (χ1v) is 12.4. The number of hydrogen-bond donors (Lipinski definition) is 2. The molecule has 1 fully saturated rings. The monoisotopic (exact) mass is 594 g/mol. The van der Waals surface area contributed by atoms with Gasteiger partial charge in [0.15, 0.2) is 0 Å². The minimum atomic E-state index is -5.25. The Kier molecular flexibility index (Phi) is 9.41. The second-order valence-electron chi connectivity index (χ2n) is 9.11. The lowest BCUT2D eigenvalue weighted by molar-refractivity contribution is -0.167. The number of carbonyl (C=O) groups excluding carboxylic acids is 2. The third-order valence-electron chi connectivity index (χ3n) is 6.13. The van der Waals surface area contributed by atoms with Gasteiger partial charge in [0.05, 0.1) is 17.7 Å². The van der Waals surface area contributed by atoms with Crippen molar-refractivity contribution in [2.45, 2.75) is 43.9 Å². The highest BCUT2D eigenvalue weighted by Crippen LogP contribution is 2.36. The van der Waals surface area contributed by atoms with Crippen molar-refractivity contribution >= 4 is 23.3 Å². The molecule has 220 valence electrons. The van der Waals surface area contributed by atoms with E-state index in [-0.39, 0.29) is 29.1 Å². The van der Waals surface area contributed by atoms with Crippen LogP contribution < -0.4 is 10.6 Å². The summed E-state index contributed by atoms with van der Waals surface area (Å²) in [6, 6.07) is 7.95. The van der Waals surface area contributed by atoms with Crippen LogP contribution in [0.25, 0.3) is 0 Å². The summed E-state index contributed by atoms with van der Waals surface area (Å²) < 4.78 is 98.6. The fourth-order valence-corrected chi connectivity index (χ4v) is 4.20. The smallest absolute Gasteiger partial charge is 0.373 e. The lowest BCUT2D eigenvalue weighted by atomic mass is 9.95. The molecule has 0 spiro atoms. The number of aromatic nitrogens is 2. The van der Waals surface area contributed by atoms with E-state index in [9.17, 15) is 40.3 Å². The number of ether oxygens (including phenoxy) is 1. The maximum absolute atomic E-state index is 14.4. The van der Waals surface area contributed by atoms with E-state index in [1.807, 2.05) is 0 Å². The largest absolute Gasteiger partial charge is 0.471 e. The van der Waals surface area contributed by atoms with Gasteiger partial charge in [-0.2, -0.15) is 17.6 Å². The molecule has 2 aromatic heterocycles. The number of anilines is 2. The van der Waals surface area contributed by atoms with Crippen LogP contribution in [-0.2, 0) is 14.3 Å². The van der Waals surface area contributed by atoms with Gasteiger partial charge in [0, 0.05) is 36.4 Å². The van der Waals surface area contributed by atoms with Crippen LogP contribution in [0, 0.1) is 23.6 Å². The molecular formula is C28H21F7N4O3. The van der Waals surface area contributed by atoms with Gasteiger partial charge in [0.25, 0.3) is 0 Å². The van der Waals surface area contributed by atoms with Crippen molar-refractivity contribution in [2.75, 3.05) is 17.2 Å². The van der Waals surface area contributed by atoms with Gasteiger partial charge in [0.2, 0.25) is 18.3 Å². The van der Waals surface area contributed by atoms with Gasteiger partial charge in [0.1, 0.15) is 17.3 Å². The molecule has 0 radical (unpaired) electrons. The molecule has 3 heterocycles. The van der Waals surface area contributed by atoms with Crippen molar-refractivity contribution in [2.24, 2.45) is 0 Å². The third kappa shape index (κ3) is 7.82. The van der Waals surface area contributed by atoms with Gasteiger partial charge in [-0.15, -0.1) is 0 Å². The SMILES string of the molecule is O=C(Nc1cc(C#Cc2nc(F)cc([C@H]3CCCO3)c2NC(=O)C(F)(F)F)ccn1)[C@H](CC(F)F)c1ccc(F)cc1. The van der Waals surface area contributed by atoms with Crippen molar-refractivity contribution in [3.63, 3.8) is 0 Å². The molecule has 0 unspecified atom stereocenters. The second-order valence-corrected chi connectivity index (χ2v) is 9.11. The molecule has 0 saturated carbocycles. The number of hydrogen-bond acceptors (Lipinski definition) is 5. The minimum absolute atomic E-state index is 0.0598. The Bertz CT molecular complexity index is 1510. The number of alkyl halides is 5. The number of nitrogens with one attached hydrogen (secondary N) is 2. The number of rotatable bonds is 7. The van der Waals surface area contributed by atoms with E-state index in [1.54, 1.807) is 5.32 Å². The van der Waals surface area contributed by atoms with Gasteiger partial charge in [-0.3, -0.25) is 9.59 Å². The quantitative estimate of drug-likeness (QED) is 0.202. The van der Waals surface area contributed by atoms with Crippen LogP contribution in [0.3, 0.4) is 0 Å². The third-order valence-corrected chi connectivity index (χ3v) is 6.13. The van der Waals surface area contributed by atoms with Gasteiger partial charge < -0.3 is 15.4 Å². The molecule has 1 aliphatic rings. The van der Waals surface area contributed by atoms with Crippen molar-refractivity contribution in [1.82, 2.24) is 9.97 Å². The Morgan fingerprint density at radius 1 is 1.05 bits per heavy atom. The lowest BCUT2D eigenvalue weighted by Gasteiger charge is -2.18. The number of amides is 2. The van der Waals surface area contributed by atoms with E-state index >= 15 is 0 Å². The first kappa shape index (κ1) is 30.4. The Balaban J connectivity index is 1.63. The predicted molar refractivity (Wildman–Crippen MR) is 135 cm³/mol. The highest BCUT2D eigenvalue weighted by molar-refractivity contribution is 5.97. The van der Waals surface area contributed by atoms with E-state index in [0.29, 0.717) is 12.8 Å². The van der Waals surface area contributed by atoms with Gasteiger partial charge in [-0.25, -0.2) is 23.1 Å². The second kappa shape index (κ2) is 13.0. The zero-order valence-corrected chi connectivity index (χ0v) is 21.4. The van der Waals surface area contributed by atoms with Crippen molar-refractivity contribution in [3.05, 3.63) is 82.8 Å². The van der Waals surface area contributed by atoms with E-state index in [2.05, 4.69) is 27.1 Å². The van der Waals surface area contributed by atoms with Crippen LogP contribution in [0.4, 0.5) is 42.2 Å². The summed E-state index contributed by atoms with van der Waals surface area (Å²) in [5.74, 6) is -1.29. The molecular weight excluding hydrogens is 573 g/mol. The summed E-state index contributed by atoms with van der Waals surface area (Å²) in [6.45, 7) is 0.285. The average Bonchev–Trinajstić information content (AvgIpc) is 3.46. The van der Waals surface area contributed by atoms with E-state index < -0.39 is 66.0 Å². The van der Waals surface area contributed by atoms with Gasteiger partial charge >= 0.3 is 12.1 Å². The number of pyridine rings is 2. The Labute approximate surface area is 234 Å². The van der Waals surface area contributed by atoms with Crippen molar-refractivity contribution in [3.8, 4) is 11.8 Å². The molecule has 1 aliphatic heterocycles. The van der Waals surface area contributed by atoms with Crippen LogP contribution in [0.5, 0.6) is 0 Å². The number of benzene rings is 1. The fraction of sp³-hybridized carbons (Fsp3) is 0.286. The molecule has 7 nitrogen and oxygen atoms in total. The van der Waals surface area contributed by atoms with Gasteiger partial charge in [-0.05, 0) is 48.6 Å². The Morgan fingerprint density at radius 2 is 1.79 bits per heavy atom. The molecule has 2 amide bonds. The summed E-state index contributed by atoms with van der Waals surface area (Å²) in [4.78, 5) is 32.1. The standard InChI is InChI=1S/C28H21F7N4O3/c29-17-6-4-16(5-7-17)18(13-22(30)31)26(40)38-24-12-15(9-10-36-24)3-8-20-25(39-27(41)28(33,34)35)19(14-23(32)37-20)21-2-1-11-42-21/h4-7,9-10,12,14,18,21-22H,1-2,11,13H2,(H,39,41)(H,36,38,40)/t18-,21-/m1/s1. The topological polar surface area (TPSA) is 93.2 Å². The maximum atomic E-state index is 14.4. The van der Waals surface area contributed by atoms with Crippen molar-refractivity contribution < 1.29 is 45.1 Å². The first-order chi connectivity index (χ1) is 19.9. The molecule has 0 bridgehead atoms. The summed E-state index contributed by atoms with van der Waals surface area (Å²) in [5, 5.41) is 4.10. The predicted octanol–water partition coefficient (Wildman–Crippen LogP) is 5.88. The number of halogens is 7. The van der Waals surface area contributed by atoms with E-state index in [0.717, 1.165) is 18.2 Å². The highest BCUT2D eigenvalue weighted by Gasteiger charge is 2.40. The van der Waals surface area contributed by atoms with E-state index in [4.69, 9.17) is 4.74 Å². The Hall–Kier alpha value is -4.51. The van der Waals surface area contributed by atoms with Crippen LogP contribution in [-0.4, -0.2) is 41.0 Å². The number of carbonyl (C=O) groups is 2. The highest BCUT2D eigenvalue weighted by atomic mass is 19.4. The van der Waals surface area contributed by atoms with Crippen LogP contribution in [0.1, 0.15) is 53.7 Å². The molecule has 14 heteroatoms. The van der Waals surface area contributed by atoms with Crippen LogP contribution in [0.15, 0.2) is 48.7 Å². The van der Waals surface area contributed by atoms with Crippen molar-refractivity contribution in [1.29, 1.82) is 0 Å². The zero-order chi connectivity index (χ0) is 30.4. The average molecular weight is 594 g/mol. The summed E-state index contributed by atoms with van der Waals surface area (Å²) in [6.07, 6.45) is -7.60. The Morgan fingerprint density at radius 3 is 2.43 bits per heavy atom. The summed E-state index contributed by atoms with van der Waals surface area (Å²) >= 11 is 0. The molecule has 4 rings (SSSR count). The molecule has 3 aromatic rings. The lowest BCUT2D eigenvalue weighted by Crippen LogP contribution is -2.31. The molecule has 0 aliphatic carbocycles. The number of nitrogens with zero attached hydrogens (tertiary/aromatic N) is 2. The molecule has 1 aromatic carbocycles. The van der Waals surface area contributed by atoms with Gasteiger partial charge in [-0.1, -0.05) is 18.1 Å².